The molecule has 2 aromatic rings. The van der Waals surface area contributed by atoms with Crippen molar-refractivity contribution in [2.45, 2.75) is 44.7 Å². The summed E-state index contributed by atoms with van der Waals surface area (Å²) in [5.41, 5.74) is 6.53. The smallest absolute Gasteiger partial charge is 0.249 e. The quantitative estimate of drug-likeness (QED) is 0.877. The van der Waals surface area contributed by atoms with Gasteiger partial charge in [0, 0.05) is 18.0 Å². The minimum Gasteiger partial charge on any atom is -0.345 e. The van der Waals surface area contributed by atoms with E-state index >= 15 is 0 Å². The number of nitrogens with one attached hydrogen (secondary N) is 1. The van der Waals surface area contributed by atoms with Gasteiger partial charge in [0.1, 0.15) is 11.9 Å². The Labute approximate surface area is 139 Å². The van der Waals surface area contributed by atoms with Crippen LogP contribution in [0.15, 0.2) is 28.8 Å². The van der Waals surface area contributed by atoms with Crippen LogP contribution in [0.2, 0.25) is 0 Å². The minimum absolute atomic E-state index is 0.0737. The van der Waals surface area contributed by atoms with Gasteiger partial charge < -0.3 is 15.6 Å². The number of rotatable bonds is 5. The lowest BCUT2D eigenvalue weighted by Gasteiger charge is -2.16. The summed E-state index contributed by atoms with van der Waals surface area (Å²) in [5.74, 6) is 0.382. The maximum Gasteiger partial charge on any atom is 0.249 e. The topological polar surface area (TPSA) is 94.0 Å². The van der Waals surface area contributed by atoms with Crippen molar-refractivity contribution >= 4 is 5.91 Å². The summed E-state index contributed by atoms with van der Waals surface area (Å²) < 4.78 is 18.5. The molecule has 0 radical (unpaired) electrons. The van der Waals surface area contributed by atoms with Crippen molar-refractivity contribution in [2.75, 3.05) is 0 Å². The molecular formula is C17H21FN4O2. The average Bonchev–Trinajstić information content (AvgIpc) is 3.17. The maximum atomic E-state index is 13.3. The van der Waals surface area contributed by atoms with Gasteiger partial charge in [0.15, 0.2) is 0 Å². The Hall–Kier alpha value is -2.28. The Morgan fingerprint density at radius 3 is 3.04 bits per heavy atom. The molecule has 1 amide bonds. The van der Waals surface area contributed by atoms with Crippen LogP contribution in [-0.4, -0.2) is 22.1 Å². The van der Waals surface area contributed by atoms with E-state index in [2.05, 4.69) is 15.5 Å². The first-order valence-corrected chi connectivity index (χ1v) is 8.17. The second-order valence-corrected chi connectivity index (χ2v) is 6.31. The molecule has 1 aliphatic rings. The second kappa shape index (κ2) is 7.09. The highest BCUT2D eigenvalue weighted by molar-refractivity contribution is 5.76. The molecule has 1 aromatic carbocycles. The molecule has 1 saturated carbocycles. The first kappa shape index (κ1) is 16.6. The molecule has 3 atom stereocenters. The molecule has 6 nitrogen and oxygen atoms in total. The molecule has 0 bridgehead atoms. The Bertz CT molecular complexity index is 718. The van der Waals surface area contributed by atoms with E-state index in [-0.39, 0.29) is 23.7 Å². The molecule has 3 rings (SSSR count). The highest BCUT2D eigenvalue weighted by Gasteiger charge is 2.27. The molecule has 3 N–H and O–H groups in total. The maximum absolute atomic E-state index is 13.3. The van der Waals surface area contributed by atoms with Gasteiger partial charge in [-0.1, -0.05) is 23.7 Å². The monoisotopic (exact) mass is 332 g/mol. The fraction of sp³-hybridized carbons (Fsp3) is 0.471. The van der Waals surface area contributed by atoms with Crippen LogP contribution < -0.4 is 11.1 Å². The molecule has 24 heavy (non-hydrogen) atoms. The first-order valence-electron chi connectivity index (χ1n) is 8.17. The van der Waals surface area contributed by atoms with E-state index in [1.54, 1.807) is 19.1 Å². The van der Waals surface area contributed by atoms with E-state index in [1.807, 2.05) is 0 Å². The van der Waals surface area contributed by atoms with Crippen molar-refractivity contribution in [3.05, 3.63) is 36.0 Å². The number of hydrogen-bond acceptors (Lipinski definition) is 5. The Morgan fingerprint density at radius 1 is 1.50 bits per heavy atom. The Morgan fingerprint density at radius 2 is 2.33 bits per heavy atom. The van der Waals surface area contributed by atoms with Gasteiger partial charge in [-0.15, -0.1) is 0 Å². The Kier molecular flexibility index (Phi) is 4.89. The molecule has 1 unspecified atom stereocenters. The van der Waals surface area contributed by atoms with Gasteiger partial charge in [0.05, 0.1) is 0 Å². The molecule has 1 aliphatic carbocycles. The van der Waals surface area contributed by atoms with Crippen LogP contribution in [0.1, 0.15) is 44.5 Å². The summed E-state index contributed by atoms with van der Waals surface area (Å²) in [6, 6.07) is 5.65. The SMILES string of the molecule is CC(NC(=O)C[C@@H]1CCC[C@H]1N)c1nc(-c2cccc(F)c2)no1. The Balaban J connectivity index is 1.61. The largest absolute Gasteiger partial charge is 0.345 e. The lowest BCUT2D eigenvalue weighted by Crippen LogP contribution is -2.33. The number of nitrogens with two attached hydrogens (primary N) is 1. The first-order chi connectivity index (χ1) is 11.5. The summed E-state index contributed by atoms with van der Waals surface area (Å²) in [6.07, 6.45) is 3.47. The molecule has 1 aromatic heterocycles. The van der Waals surface area contributed by atoms with Crippen LogP contribution in [0.25, 0.3) is 11.4 Å². The third-order valence-corrected chi connectivity index (χ3v) is 4.44. The fourth-order valence-electron chi connectivity index (χ4n) is 3.08. The number of halogens is 1. The molecule has 1 fully saturated rings. The normalized spacial score (nSPS) is 21.6. The summed E-state index contributed by atoms with van der Waals surface area (Å²) in [6.45, 7) is 1.77. The summed E-state index contributed by atoms with van der Waals surface area (Å²) >= 11 is 0. The molecule has 128 valence electrons. The van der Waals surface area contributed by atoms with Gasteiger partial charge in [0.25, 0.3) is 0 Å². The molecule has 7 heteroatoms. The molecule has 0 aliphatic heterocycles. The molecule has 0 saturated heterocycles. The van der Waals surface area contributed by atoms with Crippen molar-refractivity contribution in [3.8, 4) is 11.4 Å². The lowest BCUT2D eigenvalue weighted by atomic mass is 10.00. The number of nitrogens with zero attached hydrogens (tertiary/aromatic N) is 2. The fourth-order valence-corrected chi connectivity index (χ4v) is 3.08. The van der Waals surface area contributed by atoms with Gasteiger partial charge in [-0.2, -0.15) is 4.98 Å². The minimum atomic E-state index is -0.412. The van der Waals surface area contributed by atoms with Gasteiger partial charge in [-0.3, -0.25) is 4.79 Å². The van der Waals surface area contributed by atoms with Crippen LogP contribution in [-0.2, 0) is 4.79 Å². The zero-order chi connectivity index (χ0) is 17.1. The standard InChI is InChI=1S/C17H21FN4O2/c1-10(20-15(23)9-11-4-3-7-14(11)19)17-21-16(22-24-17)12-5-2-6-13(18)8-12/h2,5-6,8,10-11,14H,3-4,7,9,19H2,1H3,(H,20,23)/t10?,11-,14+/m0/s1. The second-order valence-electron chi connectivity index (χ2n) is 6.31. The van der Waals surface area contributed by atoms with Crippen molar-refractivity contribution < 1.29 is 13.7 Å². The zero-order valence-corrected chi connectivity index (χ0v) is 13.5. The number of aromatic nitrogens is 2. The van der Waals surface area contributed by atoms with Gasteiger partial charge in [0.2, 0.25) is 17.6 Å². The number of hydrogen-bond donors (Lipinski definition) is 2. The van der Waals surface area contributed by atoms with Crippen LogP contribution in [0.5, 0.6) is 0 Å². The van der Waals surface area contributed by atoms with Crippen LogP contribution in [0.3, 0.4) is 0 Å². The number of carbonyl (C=O) groups is 1. The van der Waals surface area contributed by atoms with Crippen molar-refractivity contribution in [1.82, 2.24) is 15.5 Å². The van der Waals surface area contributed by atoms with Gasteiger partial charge in [-0.05, 0) is 37.8 Å². The number of carbonyl (C=O) groups excluding carboxylic acids is 1. The van der Waals surface area contributed by atoms with E-state index in [0.29, 0.717) is 23.7 Å². The number of benzene rings is 1. The predicted octanol–water partition coefficient (Wildman–Crippen LogP) is 2.57. The van der Waals surface area contributed by atoms with Gasteiger partial charge >= 0.3 is 0 Å². The molecule has 1 heterocycles. The third kappa shape index (κ3) is 3.79. The third-order valence-electron chi connectivity index (χ3n) is 4.44. The average molecular weight is 332 g/mol. The van der Waals surface area contributed by atoms with Crippen LogP contribution in [0, 0.1) is 11.7 Å². The summed E-state index contributed by atoms with van der Waals surface area (Å²) in [7, 11) is 0. The zero-order valence-electron chi connectivity index (χ0n) is 13.5. The highest BCUT2D eigenvalue weighted by Crippen LogP contribution is 2.27. The molecular weight excluding hydrogens is 311 g/mol. The van der Waals surface area contributed by atoms with Crippen molar-refractivity contribution in [2.24, 2.45) is 11.7 Å². The summed E-state index contributed by atoms with van der Waals surface area (Å²) in [5, 5.41) is 6.70. The van der Waals surface area contributed by atoms with E-state index in [0.717, 1.165) is 19.3 Å². The van der Waals surface area contributed by atoms with Crippen molar-refractivity contribution in [1.29, 1.82) is 0 Å². The van der Waals surface area contributed by atoms with Crippen molar-refractivity contribution in [3.63, 3.8) is 0 Å². The van der Waals surface area contributed by atoms with E-state index < -0.39 is 6.04 Å². The van der Waals surface area contributed by atoms with E-state index in [4.69, 9.17) is 10.3 Å². The highest BCUT2D eigenvalue weighted by atomic mass is 19.1. The number of amides is 1. The summed E-state index contributed by atoms with van der Waals surface area (Å²) in [4.78, 5) is 16.4. The lowest BCUT2D eigenvalue weighted by molar-refractivity contribution is -0.122. The van der Waals surface area contributed by atoms with Crippen LogP contribution in [0.4, 0.5) is 4.39 Å². The van der Waals surface area contributed by atoms with E-state index in [9.17, 15) is 9.18 Å². The predicted molar refractivity (Wildman–Crippen MR) is 86.2 cm³/mol. The molecule has 0 spiro atoms. The van der Waals surface area contributed by atoms with Gasteiger partial charge in [-0.25, -0.2) is 4.39 Å². The van der Waals surface area contributed by atoms with E-state index in [1.165, 1.54) is 12.1 Å². The van der Waals surface area contributed by atoms with Crippen LogP contribution >= 0.6 is 0 Å².